The molecule has 3 N–H and O–H groups in total. The number of rotatable bonds is 11. The van der Waals surface area contributed by atoms with Gasteiger partial charge in [0, 0.05) is 37.4 Å². The summed E-state index contributed by atoms with van der Waals surface area (Å²) < 4.78 is 28.2. The zero-order chi connectivity index (χ0) is 36.8. The quantitative estimate of drug-likeness (QED) is 0.179. The summed E-state index contributed by atoms with van der Waals surface area (Å²) >= 11 is 0. The third kappa shape index (κ3) is 8.71. The van der Waals surface area contributed by atoms with Crippen molar-refractivity contribution in [1.29, 1.82) is 0 Å². The zero-order valence-electron chi connectivity index (χ0n) is 29.8. The van der Waals surface area contributed by atoms with Crippen molar-refractivity contribution in [2.24, 2.45) is 5.92 Å². The number of sulfone groups is 1. The van der Waals surface area contributed by atoms with Crippen LogP contribution in [0, 0.1) is 5.92 Å². The Morgan fingerprint density at radius 3 is 2.19 bits per heavy atom. The molecule has 0 unspecified atom stereocenters. The number of imidazole rings is 1. The smallest absolute Gasteiger partial charge is 0.407 e. The molecule has 2 aliphatic rings. The Balaban J connectivity index is 1.05. The van der Waals surface area contributed by atoms with Crippen molar-refractivity contribution in [2.45, 2.75) is 51.7 Å². The fourth-order valence-corrected chi connectivity index (χ4v) is 8.01. The van der Waals surface area contributed by atoms with Crippen LogP contribution in [-0.2, 0) is 25.9 Å². The van der Waals surface area contributed by atoms with E-state index in [1.54, 1.807) is 18.3 Å². The van der Waals surface area contributed by atoms with Crippen molar-refractivity contribution in [3.8, 4) is 22.4 Å². The number of ether oxygens (including phenoxy) is 1. The van der Waals surface area contributed by atoms with E-state index in [2.05, 4.69) is 25.5 Å². The SMILES string of the molecule is CC[C@H](C)[C@H](NC(=O)OC)C(=O)N1CCC[C@H]1c1ncc(-c2ccc(-c3ccc(C(=O)Nc4ccc(CN5CCS(=O)(=O)CC5)cc4)cc3)cc2)[nH]1. The van der Waals surface area contributed by atoms with Gasteiger partial charge in [-0.1, -0.05) is 68.8 Å². The standard InChI is InChI=1S/C39H46N6O6S/c1-4-26(2)35(43-39(48)51-3)38(47)45-19-5-6-34(45)36-40-24-33(42-36)30-13-9-28(10-14-30)29-11-15-31(16-12-29)37(46)41-32-17-7-27(8-18-32)25-44-20-22-52(49,50)23-21-44/h7-18,24,26,34-35H,4-6,19-23,25H2,1-3H3,(H,40,42)(H,41,46)(H,43,48)/t26-,34-,35-/m0/s1. The highest BCUT2D eigenvalue weighted by Crippen LogP contribution is 2.33. The van der Waals surface area contributed by atoms with Crippen LogP contribution >= 0.6 is 0 Å². The van der Waals surface area contributed by atoms with E-state index in [1.165, 1.54) is 7.11 Å². The van der Waals surface area contributed by atoms with Crippen molar-refractivity contribution in [3.63, 3.8) is 0 Å². The first-order valence-electron chi connectivity index (χ1n) is 17.8. The van der Waals surface area contributed by atoms with Gasteiger partial charge in [0.05, 0.1) is 36.5 Å². The number of aromatic nitrogens is 2. The summed E-state index contributed by atoms with van der Waals surface area (Å²) in [6.07, 6.45) is 3.52. The number of likely N-dealkylation sites (tertiary alicyclic amines) is 1. The molecule has 3 aromatic carbocycles. The first-order valence-corrected chi connectivity index (χ1v) is 19.6. The van der Waals surface area contributed by atoms with Crippen molar-refractivity contribution in [2.75, 3.05) is 43.6 Å². The molecule has 1 aromatic heterocycles. The average molecular weight is 727 g/mol. The number of alkyl carbamates (subject to hydrolysis) is 1. The molecule has 2 aliphatic heterocycles. The molecule has 12 nitrogen and oxygen atoms in total. The minimum atomic E-state index is -2.91. The number of hydrogen-bond acceptors (Lipinski definition) is 8. The topological polar surface area (TPSA) is 154 Å². The summed E-state index contributed by atoms with van der Waals surface area (Å²) in [5, 5.41) is 5.69. The van der Waals surface area contributed by atoms with Crippen LogP contribution in [0.4, 0.5) is 10.5 Å². The predicted molar refractivity (Wildman–Crippen MR) is 200 cm³/mol. The Labute approximate surface area is 304 Å². The van der Waals surface area contributed by atoms with Gasteiger partial charge in [0.1, 0.15) is 11.9 Å². The van der Waals surface area contributed by atoms with Crippen LogP contribution in [0.1, 0.15) is 60.9 Å². The molecule has 4 aromatic rings. The number of carbonyl (C=O) groups is 3. The summed E-state index contributed by atoms with van der Waals surface area (Å²) in [7, 11) is -1.62. The molecule has 274 valence electrons. The summed E-state index contributed by atoms with van der Waals surface area (Å²) in [6.45, 7) is 6.28. The number of H-pyrrole nitrogens is 1. The highest BCUT2D eigenvalue weighted by Gasteiger charge is 2.38. The van der Waals surface area contributed by atoms with Gasteiger partial charge in [0.15, 0.2) is 9.84 Å². The summed E-state index contributed by atoms with van der Waals surface area (Å²) in [6, 6.07) is 22.3. The second-order valence-electron chi connectivity index (χ2n) is 13.6. The van der Waals surface area contributed by atoms with Gasteiger partial charge in [-0.05, 0) is 65.3 Å². The number of benzene rings is 3. The molecule has 3 atom stereocenters. The maximum absolute atomic E-state index is 13.6. The Morgan fingerprint density at radius 1 is 0.923 bits per heavy atom. The molecule has 6 rings (SSSR count). The normalized spacial score (nSPS) is 18.4. The molecule has 3 heterocycles. The molecule has 0 radical (unpaired) electrons. The van der Waals surface area contributed by atoms with Crippen molar-refractivity contribution < 1.29 is 27.5 Å². The van der Waals surface area contributed by atoms with Gasteiger partial charge in [-0.2, -0.15) is 0 Å². The number of anilines is 1. The maximum atomic E-state index is 13.6. The fourth-order valence-electron chi connectivity index (χ4n) is 6.73. The lowest BCUT2D eigenvalue weighted by Gasteiger charge is -2.30. The third-order valence-corrected chi connectivity index (χ3v) is 11.7. The number of methoxy groups -OCH3 is 1. The van der Waals surface area contributed by atoms with Crippen LogP contribution in [0.25, 0.3) is 22.4 Å². The first-order chi connectivity index (χ1) is 25.0. The van der Waals surface area contributed by atoms with Gasteiger partial charge in [-0.3, -0.25) is 14.5 Å². The second-order valence-corrected chi connectivity index (χ2v) is 15.9. The molecule has 2 saturated heterocycles. The monoisotopic (exact) mass is 726 g/mol. The van der Waals surface area contributed by atoms with Crippen molar-refractivity contribution in [1.82, 2.24) is 25.1 Å². The number of nitrogens with zero attached hydrogens (tertiary/aromatic N) is 3. The molecular formula is C39H46N6O6S. The van der Waals surface area contributed by atoms with Crippen molar-refractivity contribution in [3.05, 3.63) is 95.9 Å². The van der Waals surface area contributed by atoms with Crippen LogP contribution in [-0.4, -0.2) is 90.4 Å². The Morgan fingerprint density at radius 2 is 1.56 bits per heavy atom. The molecule has 0 spiro atoms. The van der Waals surface area contributed by atoms with Crippen LogP contribution < -0.4 is 10.6 Å². The van der Waals surface area contributed by atoms with Crippen LogP contribution in [0.5, 0.6) is 0 Å². The second kappa shape index (κ2) is 16.1. The van der Waals surface area contributed by atoms with E-state index in [-0.39, 0.29) is 35.3 Å². The highest BCUT2D eigenvalue weighted by atomic mass is 32.2. The van der Waals surface area contributed by atoms with Gasteiger partial charge >= 0.3 is 6.09 Å². The number of amides is 3. The van der Waals surface area contributed by atoms with E-state index >= 15 is 0 Å². The predicted octanol–water partition coefficient (Wildman–Crippen LogP) is 5.66. The van der Waals surface area contributed by atoms with Crippen LogP contribution in [0.15, 0.2) is 79.0 Å². The third-order valence-electron chi connectivity index (χ3n) is 10.1. The molecule has 3 amide bonds. The summed E-state index contributed by atoms with van der Waals surface area (Å²) in [5.41, 5.74) is 6.06. The van der Waals surface area contributed by atoms with Gasteiger partial charge in [0.2, 0.25) is 5.91 Å². The molecule has 52 heavy (non-hydrogen) atoms. The Bertz CT molecular complexity index is 1960. The van der Waals surface area contributed by atoms with Crippen molar-refractivity contribution >= 4 is 33.4 Å². The Hall–Kier alpha value is -5.01. The molecule has 0 aliphatic carbocycles. The van der Waals surface area contributed by atoms with Gasteiger partial charge in [-0.15, -0.1) is 0 Å². The van der Waals surface area contributed by atoms with Gasteiger partial charge in [-0.25, -0.2) is 18.2 Å². The highest BCUT2D eigenvalue weighted by molar-refractivity contribution is 7.91. The fraction of sp³-hybridized carbons (Fsp3) is 0.385. The Kier molecular flexibility index (Phi) is 11.4. The van der Waals surface area contributed by atoms with Gasteiger partial charge in [0.25, 0.3) is 5.91 Å². The zero-order valence-corrected chi connectivity index (χ0v) is 30.6. The average Bonchev–Trinajstić information content (AvgIpc) is 3.86. The minimum Gasteiger partial charge on any atom is -0.453 e. The molecule has 2 fully saturated rings. The van der Waals surface area contributed by atoms with Crippen LogP contribution in [0.3, 0.4) is 0 Å². The summed E-state index contributed by atoms with van der Waals surface area (Å²) in [4.78, 5) is 50.7. The molecular weight excluding hydrogens is 681 g/mol. The lowest BCUT2D eigenvalue weighted by molar-refractivity contribution is -0.135. The van der Waals surface area contributed by atoms with E-state index < -0.39 is 22.0 Å². The molecule has 13 heteroatoms. The van der Waals surface area contributed by atoms with E-state index in [9.17, 15) is 22.8 Å². The van der Waals surface area contributed by atoms with Gasteiger partial charge < -0.3 is 25.3 Å². The molecule has 0 bridgehead atoms. The number of hydrogen-bond donors (Lipinski definition) is 3. The van der Waals surface area contributed by atoms with Crippen LogP contribution in [0.2, 0.25) is 0 Å². The largest absolute Gasteiger partial charge is 0.453 e. The summed E-state index contributed by atoms with van der Waals surface area (Å²) in [5.74, 6) is 0.718. The van der Waals surface area contributed by atoms with E-state index in [1.807, 2.05) is 79.4 Å². The number of nitrogens with one attached hydrogen (secondary N) is 3. The number of carbonyl (C=O) groups excluding carboxylic acids is 3. The van der Waals surface area contributed by atoms with E-state index in [0.29, 0.717) is 43.3 Å². The van der Waals surface area contributed by atoms with E-state index in [4.69, 9.17) is 4.74 Å². The maximum Gasteiger partial charge on any atom is 0.407 e. The number of aromatic amines is 1. The lowest BCUT2D eigenvalue weighted by Crippen LogP contribution is -2.51. The first kappa shape index (κ1) is 36.8. The van der Waals surface area contributed by atoms with E-state index in [0.717, 1.165) is 47.2 Å². The molecule has 0 saturated carbocycles. The minimum absolute atomic E-state index is 0.0563. The lowest BCUT2D eigenvalue weighted by atomic mass is 9.97.